The molecule has 4 atom stereocenters. The molecule has 5 nitrogen and oxygen atoms in total. The Balaban J connectivity index is 2.86. The zero-order chi connectivity index (χ0) is 17.1. The number of allylic oxidation sites excluding steroid dienone is 1. The number of amides is 1. The van der Waals surface area contributed by atoms with E-state index in [0.717, 1.165) is 0 Å². The van der Waals surface area contributed by atoms with E-state index in [1.807, 2.05) is 0 Å². The third kappa shape index (κ3) is 4.87. The molecule has 1 aliphatic rings. The molecule has 2 N–H and O–H groups in total. The molecule has 7 heteroatoms. The van der Waals surface area contributed by atoms with Crippen molar-refractivity contribution in [3.63, 3.8) is 0 Å². The third-order valence-electron chi connectivity index (χ3n) is 3.39. The highest BCUT2D eigenvalue weighted by atomic mass is 35.5. The summed E-state index contributed by atoms with van der Waals surface area (Å²) in [7, 11) is 0. The number of carbonyl (C=O) groups excluding carboxylic acids is 1. The summed E-state index contributed by atoms with van der Waals surface area (Å²) in [6, 6.07) is -0.615. The quantitative estimate of drug-likeness (QED) is 0.610. The SMILES string of the molecule is CC[C@@H](NC(=O)OC(C)(C)C)C1=CCC(Cl)C(C(=O)O)C1F. The topological polar surface area (TPSA) is 75.6 Å². The highest BCUT2D eigenvalue weighted by Crippen LogP contribution is 2.34. The first kappa shape index (κ1) is 18.7. The van der Waals surface area contributed by atoms with Gasteiger partial charge in [-0.1, -0.05) is 13.0 Å². The monoisotopic (exact) mass is 335 g/mol. The van der Waals surface area contributed by atoms with Crippen LogP contribution in [-0.2, 0) is 9.53 Å². The third-order valence-corrected chi connectivity index (χ3v) is 3.84. The molecule has 0 fully saturated rings. The fourth-order valence-corrected chi connectivity index (χ4v) is 2.71. The second-order valence-corrected chi connectivity index (χ2v) is 6.89. The number of carbonyl (C=O) groups is 2. The van der Waals surface area contributed by atoms with Crippen molar-refractivity contribution in [2.45, 2.75) is 63.7 Å². The van der Waals surface area contributed by atoms with E-state index in [4.69, 9.17) is 21.4 Å². The van der Waals surface area contributed by atoms with Crippen LogP contribution in [0.25, 0.3) is 0 Å². The summed E-state index contributed by atoms with van der Waals surface area (Å²) < 4.78 is 19.7. The van der Waals surface area contributed by atoms with Gasteiger partial charge in [0, 0.05) is 0 Å². The van der Waals surface area contributed by atoms with Crippen molar-refractivity contribution in [2.24, 2.45) is 5.92 Å². The van der Waals surface area contributed by atoms with Gasteiger partial charge >= 0.3 is 12.1 Å². The molecule has 126 valence electrons. The largest absolute Gasteiger partial charge is 0.481 e. The molecule has 0 aromatic heterocycles. The van der Waals surface area contributed by atoms with Crippen molar-refractivity contribution in [1.29, 1.82) is 0 Å². The number of carboxylic acids is 1. The van der Waals surface area contributed by atoms with Gasteiger partial charge in [0.25, 0.3) is 0 Å². The summed E-state index contributed by atoms with van der Waals surface area (Å²) in [5.41, 5.74) is -0.416. The molecular formula is C15H23ClFNO4. The summed E-state index contributed by atoms with van der Waals surface area (Å²) in [5, 5.41) is 10.9. The Bertz CT molecular complexity index is 461. The van der Waals surface area contributed by atoms with Crippen LogP contribution in [0.4, 0.5) is 9.18 Å². The zero-order valence-corrected chi connectivity index (χ0v) is 14.0. The lowest BCUT2D eigenvalue weighted by Gasteiger charge is -2.32. The van der Waals surface area contributed by atoms with Crippen LogP contribution in [0.5, 0.6) is 0 Å². The van der Waals surface area contributed by atoms with Crippen LogP contribution in [0.1, 0.15) is 40.5 Å². The number of hydrogen-bond acceptors (Lipinski definition) is 3. The maximum atomic E-state index is 14.5. The molecule has 0 aliphatic heterocycles. The fourth-order valence-electron chi connectivity index (χ4n) is 2.38. The highest BCUT2D eigenvalue weighted by molar-refractivity contribution is 6.22. The number of alkyl halides is 2. The lowest BCUT2D eigenvalue weighted by atomic mass is 9.82. The summed E-state index contributed by atoms with van der Waals surface area (Å²) >= 11 is 5.90. The molecule has 0 aromatic carbocycles. The average molecular weight is 336 g/mol. The lowest BCUT2D eigenvalue weighted by Crippen LogP contribution is -2.46. The number of alkyl carbamates (subject to hydrolysis) is 1. The van der Waals surface area contributed by atoms with Crippen LogP contribution in [0.2, 0.25) is 0 Å². The van der Waals surface area contributed by atoms with Gasteiger partial charge in [0.1, 0.15) is 17.7 Å². The Morgan fingerprint density at radius 3 is 2.59 bits per heavy atom. The van der Waals surface area contributed by atoms with Crippen LogP contribution in [0.15, 0.2) is 11.6 Å². The first-order valence-corrected chi connectivity index (χ1v) is 7.70. The number of aliphatic carboxylic acids is 1. The molecule has 1 aliphatic carbocycles. The molecule has 0 bridgehead atoms. The fraction of sp³-hybridized carbons (Fsp3) is 0.733. The van der Waals surface area contributed by atoms with E-state index in [1.54, 1.807) is 33.8 Å². The second-order valence-electron chi connectivity index (χ2n) is 6.33. The Morgan fingerprint density at radius 2 is 2.14 bits per heavy atom. The molecule has 22 heavy (non-hydrogen) atoms. The highest BCUT2D eigenvalue weighted by Gasteiger charge is 2.41. The molecule has 0 aromatic rings. The predicted molar refractivity (Wildman–Crippen MR) is 81.8 cm³/mol. The van der Waals surface area contributed by atoms with Gasteiger partial charge in [-0.25, -0.2) is 9.18 Å². The number of ether oxygens (including phenoxy) is 1. The van der Waals surface area contributed by atoms with Gasteiger partial charge < -0.3 is 15.2 Å². The molecule has 3 unspecified atom stereocenters. The van der Waals surface area contributed by atoms with Crippen molar-refractivity contribution in [2.75, 3.05) is 0 Å². The van der Waals surface area contributed by atoms with Crippen LogP contribution in [0, 0.1) is 5.92 Å². The maximum Gasteiger partial charge on any atom is 0.408 e. The van der Waals surface area contributed by atoms with Crippen molar-refractivity contribution in [3.05, 3.63) is 11.6 Å². The van der Waals surface area contributed by atoms with Gasteiger partial charge in [-0.2, -0.15) is 0 Å². The molecule has 1 amide bonds. The minimum Gasteiger partial charge on any atom is -0.481 e. The minimum absolute atomic E-state index is 0.248. The van der Waals surface area contributed by atoms with Gasteiger partial charge in [-0.15, -0.1) is 11.6 Å². The first-order valence-electron chi connectivity index (χ1n) is 7.27. The van der Waals surface area contributed by atoms with E-state index in [2.05, 4.69) is 5.32 Å². The van der Waals surface area contributed by atoms with Crippen LogP contribution in [-0.4, -0.2) is 40.4 Å². The molecule has 0 radical (unpaired) electrons. The van der Waals surface area contributed by atoms with Gasteiger partial charge in [-0.3, -0.25) is 4.79 Å². The van der Waals surface area contributed by atoms with Crippen molar-refractivity contribution >= 4 is 23.7 Å². The van der Waals surface area contributed by atoms with Gasteiger partial charge in [0.2, 0.25) is 0 Å². The molecule has 0 saturated carbocycles. The van der Waals surface area contributed by atoms with E-state index >= 15 is 0 Å². The van der Waals surface area contributed by atoms with E-state index in [9.17, 15) is 14.0 Å². The molecular weight excluding hydrogens is 313 g/mol. The minimum atomic E-state index is -1.73. The maximum absolute atomic E-state index is 14.5. The summed E-state index contributed by atoms with van der Waals surface area (Å²) in [6.45, 7) is 6.95. The summed E-state index contributed by atoms with van der Waals surface area (Å²) in [4.78, 5) is 23.0. The first-order chi connectivity index (χ1) is 10.1. The second kappa shape index (κ2) is 7.31. The zero-order valence-electron chi connectivity index (χ0n) is 13.2. The number of nitrogens with one attached hydrogen (secondary N) is 1. The van der Waals surface area contributed by atoms with Crippen molar-refractivity contribution in [3.8, 4) is 0 Å². The summed E-state index contributed by atoms with van der Waals surface area (Å²) in [5.74, 6) is -2.58. The van der Waals surface area contributed by atoms with Crippen LogP contribution >= 0.6 is 11.6 Å². The Kier molecular flexibility index (Phi) is 6.23. The smallest absolute Gasteiger partial charge is 0.408 e. The molecule has 0 saturated heterocycles. The van der Waals surface area contributed by atoms with Crippen LogP contribution in [0.3, 0.4) is 0 Å². The van der Waals surface area contributed by atoms with Gasteiger partial charge in [0.15, 0.2) is 0 Å². The van der Waals surface area contributed by atoms with Crippen molar-refractivity contribution in [1.82, 2.24) is 5.32 Å². The number of hydrogen-bond donors (Lipinski definition) is 2. The Morgan fingerprint density at radius 1 is 1.55 bits per heavy atom. The van der Waals surface area contributed by atoms with Crippen LogP contribution < -0.4 is 5.32 Å². The molecule has 0 heterocycles. The standard InChI is InChI=1S/C15H23ClFNO4/c1-5-10(18-14(21)22-15(2,3)4)8-6-7-9(16)11(12(8)17)13(19)20/h6,9-12H,5,7H2,1-4H3,(H,18,21)(H,19,20)/t9?,10-,11?,12?/m1/s1. The van der Waals surface area contributed by atoms with Gasteiger partial charge in [-0.05, 0) is 39.2 Å². The lowest BCUT2D eigenvalue weighted by molar-refractivity contribution is -0.143. The number of rotatable bonds is 4. The Hall–Kier alpha value is -1.30. The average Bonchev–Trinajstić information content (AvgIpc) is 2.34. The van der Waals surface area contributed by atoms with E-state index in [1.165, 1.54) is 0 Å². The van der Waals surface area contributed by atoms with Crippen molar-refractivity contribution < 1.29 is 23.8 Å². The van der Waals surface area contributed by atoms with Gasteiger partial charge in [0.05, 0.1) is 11.4 Å². The normalized spacial score (nSPS) is 26.8. The Labute approximate surface area is 134 Å². The molecule has 0 spiro atoms. The van der Waals surface area contributed by atoms with E-state index in [-0.39, 0.29) is 12.0 Å². The van der Waals surface area contributed by atoms with E-state index < -0.39 is 41.2 Å². The predicted octanol–water partition coefficient (Wildman–Crippen LogP) is 3.27. The molecule has 1 rings (SSSR count). The van der Waals surface area contributed by atoms with E-state index in [0.29, 0.717) is 6.42 Å². The summed E-state index contributed by atoms with van der Waals surface area (Å²) in [6.07, 6.45) is -0.139. The number of carboxylic acid groups (broad SMARTS) is 1. The number of halogens is 2.